The number of hydrogen-bond acceptors (Lipinski definition) is 2. The Bertz CT molecular complexity index is 447. The van der Waals surface area contributed by atoms with Crippen LogP contribution >= 0.6 is 22.9 Å². The van der Waals surface area contributed by atoms with Crippen LogP contribution in [0.25, 0.3) is 10.1 Å². The molecule has 0 radical (unpaired) electrons. The van der Waals surface area contributed by atoms with Gasteiger partial charge in [-0.1, -0.05) is 18.5 Å². The van der Waals surface area contributed by atoms with Gasteiger partial charge < -0.3 is 5.73 Å². The quantitative estimate of drug-likeness (QED) is 0.716. The summed E-state index contributed by atoms with van der Waals surface area (Å²) in [5, 5.41) is 3.81. The van der Waals surface area contributed by atoms with Crippen molar-refractivity contribution in [3.8, 4) is 0 Å². The molecule has 2 rings (SSSR count). The number of halogens is 1. The fraction of sp³-hybridized carbons (Fsp3) is 0.200. The molecule has 2 N–H and O–H groups in total. The molecule has 2 aromatic rings. The molecule has 0 aliphatic heterocycles. The highest BCUT2D eigenvalue weighted by Gasteiger charge is 2.08. The lowest BCUT2D eigenvalue weighted by Crippen LogP contribution is -1.93. The Morgan fingerprint density at radius 3 is 3.00 bits per heavy atom. The lowest BCUT2D eigenvalue weighted by atomic mass is 10.1. The molecule has 1 aromatic carbocycles. The van der Waals surface area contributed by atoms with E-state index in [-0.39, 0.29) is 0 Å². The molecule has 0 atom stereocenters. The van der Waals surface area contributed by atoms with Gasteiger partial charge in [0.15, 0.2) is 0 Å². The minimum atomic E-state index is 0.704. The second-order valence-electron chi connectivity index (χ2n) is 2.95. The molecule has 3 heteroatoms. The van der Waals surface area contributed by atoms with Crippen LogP contribution in [0.5, 0.6) is 0 Å². The van der Waals surface area contributed by atoms with E-state index in [2.05, 4.69) is 13.0 Å². The van der Waals surface area contributed by atoms with Crippen LogP contribution in [-0.2, 0) is 6.42 Å². The minimum absolute atomic E-state index is 0.704. The lowest BCUT2D eigenvalue weighted by molar-refractivity contribution is 1.15. The maximum absolute atomic E-state index is 6.13. The molecule has 0 aliphatic rings. The number of fused-ring (bicyclic) bond motifs is 1. The summed E-state index contributed by atoms with van der Waals surface area (Å²) in [6, 6.07) is 4.14. The highest BCUT2D eigenvalue weighted by atomic mass is 35.5. The van der Waals surface area contributed by atoms with E-state index < -0.39 is 0 Å². The van der Waals surface area contributed by atoms with Crippen molar-refractivity contribution in [1.29, 1.82) is 0 Å². The van der Waals surface area contributed by atoms with Gasteiger partial charge >= 0.3 is 0 Å². The van der Waals surface area contributed by atoms with Gasteiger partial charge in [-0.3, -0.25) is 0 Å². The molecule has 1 aromatic heterocycles. The molecule has 68 valence electrons. The Morgan fingerprint density at radius 2 is 2.31 bits per heavy atom. The van der Waals surface area contributed by atoms with Gasteiger partial charge in [0.25, 0.3) is 0 Å². The number of benzene rings is 1. The van der Waals surface area contributed by atoms with Gasteiger partial charge in [0.05, 0.1) is 10.7 Å². The molecule has 0 aliphatic carbocycles. The fourth-order valence-electron chi connectivity index (χ4n) is 1.43. The first-order valence-corrected chi connectivity index (χ1v) is 5.44. The standard InChI is InChI=1S/C10H10ClNS/c1-2-6-5-8-7(3-4-13-8)9(11)10(6)12/h3-5H,2,12H2,1H3. The molecule has 0 amide bonds. The van der Waals surface area contributed by atoms with E-state index in [1.807, 2.05) is 11.4 Å². The highest BCUT2D eigenvalue weighted by molar-refractivity contribution is 7.17. The summed E-state index contributed by atoms with van der Waals surface area (Å²) in [7, 11) is 0. The first-order valence-electron chi connectivity index (χ1n) is 4.18. The number of aryl methyl sites for hydroxylation is 1. The molecule has 0 saturated carbocycles. The van der Waals surface area contributed by atoms with E-state index in [1.165, 1.54) is 4.70 Å². The lowest BCUT2D eigenvalue weighted by Gasteiger charge is -2.05. The van der Waals surface area contributed by atoms with Crippen molar-refractivity contribution in [1.82, 2.24) is 0 Å². The fourth-order valence-corrected chi connectivity index (χ4v) is 2.63. The summed E-state index contributed by atoms with van der Waals surface area (Å²) < 4.78 is 1.22. The maximum Gasteiger partial charge on any atom is 0.0725 e. The molecule has 0 fully saturated rings. The Hall–Kier alpha value is -0.730. The van der Waals surface area contributed by atoms with Crippen molar-refractivity contribution in [2.24, 2.45) is 0 Å². The minimum Gasteiger partial charge on any atom is -0.397 e. The van der Waals surface area contributed by atoms with Gasteiger partial charge in [0.1, 0.15) is 0 Å². The SMILES string of the molecule is CCc1cc2sccc2c(Cl)c1N. The van der Waals surface area contributed by atoms with Gasteiger partial charge in [-0.15, -0.1) is 11.3 Å². The van der Waals surface area contributed by atoms with Crippen molar-refractivity contribution in [2.75, 3.05) is 5.73 Å². The normalized spacial score (nSPS) is 10.9. The Balaban J connectivity index is 2.83. The number of nitrogen functional groups attached to an aromatic ring is 1. The molecule has 1 heterocycles. The summed E-state index contributed by atoms with van der Waals surface area (Å²) >= 11 is 7.83. The number of rotatable bonds is 1. The second-order valence-corrected chi connectivity index (χ2v) is 4.27. The molecule has 0 unspecified atom stereocenters. The first kappa shape index (κ1) is 8.85. The van der Waals surface area contributed by atoms with Crippen LogP contribution in [0.4, 0.5) is 5.69 Å². The third-order valence-corrected chi connectivity index (χ3v) is 3.47. The summed E-state index contributed by atoms with van der Waals surface area (Å²) in [5.41, 5.74) is 7.76. The Labute approximate surface area is 86.1 Å². The molecule has 13 heavy (non-hydrogen) atoms. The maximum atomic E-state index is 6.13. The summed E-state index contributed by atoms with van der Waals surface area (Å²) in [5.74, 6) is 0. The second kappa shape index (κ2) is 3.20. The van der Waals surface area contributed by atoms with E-state index in [1.54, 1.807) is 11.3 Å². The van der Waals surface area contributed by atoms with E-state index in [4.69, 9.17) is 17.3 Å². The Morgan fingerprint density at radius 1 is 1.54 bits per heavy atom. The van der Waals surface area contributed by atoms with Crippen LogP contribution in [0.1, 0.15) is 12.5 Å². The van der Waals surface area contributed by atoms with Gasteiger partial charge in [-0.05, 0) is 29.5 Å². The largest absolute Gasteiger partial charge is 0.397 e. The van der Waals surface area contributed by atoms with Crippen LogP contribution in [0.3, 0.4) is 0 Å². The number of anilines is 1. The van der Waals surface area contributed by atoms with Crippen LogP contribution < -0.4 is 5.73 Å². The van der Waals surface area contributed by atoms with Crippen LogP contribution in [0.2, 0.25) is 5.02 Å². The first-order chi connectivity index (χ1) is 6.24. The van der Waals surface area contributed by atoms with Gasteiger partial charge in [0.2, 0.25) is 0 Å². The monoisotopic (exact) mass is 211 g/mol. The third-order valence-electron chi connectivity index (χ3n) is 2.20. The van der Waals surface area contributed by atoms with Crippen molar-refractivity contribution in [2.45, 2.75) is 13.3 Å². The third kappa shape index (κ3) is 1.30. The Kier molecular flexibility index (Phi) is 2.18. The van der Waals surface area contributed by atoms with Crippen molar-refractivity contribution in [3.05, 3.63) is 28.1 Å². The molecule has 1 nitrogen and oxygen atoms in total. The zero-order valence-corrected chi connectivity index (χ0v) is 8.88. The van der Waals surface area contributed by atoms with Gasteiger partial charge in [0, 0.05) is 10.1 Å². The average Bonchev–Trinajstić information content (AvgIpc) is 2.59. The summed E-state index contributed by atoms with van der Waals surface area (Å²) in [6.45, 7) is 2.08. The topological polar surface area (TPSA) is 26.0 Å². The number of hydrogen-bond donors (Lipinski definition) is 1. The van der Waals surface area contributed by atoms with Crippen LogP contribution in [-0.4, -0.2) is 0 Å². The smallest absolute Gasteiger partial charge is 0.0725 e. The zero-order chi connectivity index (χ0) is 9.42. The number of nitrogens with two attached hydrogens (primary N) is 1. The van der Waals surface area contributed by atoms with E-state index >= 15 is 0 Å². The average molecular weight is 212 g/mol. The molecular weight excluding hydrogens is 202 g/mol. The zero-order valence-electron chi connectivity index (χ0n) is 7.30. The predicted molar refractivity (Wildman–Crippen MR) is 60.6 cm³/mol. The van der Waals surface area contributed by atoms with Crippen molar-refractivity contribution in [3.63, 3.8) is 0 Å². The molecule has 0 spiro atoms. The molecule has 0 saturated heterocycles. The van der Waals surface area contributed by atoms with Crippen LogP contribution in [0.15, 0.2) is 17.5 Å². The van der Waals surface area contributed by atoms with Crippen LogP contribution in [0, 0.1) is 0 Å². The van der Waals surface area contributed by atoms with E-state index in [0.29, 0.717) is 5.02 Å². The predicted octanol–water partition coefficient (Wildman–Crippen LogP) is 3.70. The van der Waals surface area contributed by atoms with Gasteiger partial charge in [-0.25, -0.2) is 0 Å². The highest BCUT2D eigenvalue weighted by Crippen LogP contribution is 2.35. The number of thiophene rings is 1. The van der Waals surface area contributed by atoms with Crippen molar-refractivity contribution >= 4 is 38.7 Å². The van der Waals surface area contributed by atoms with Crippen molar-refractivity contribution < 1.29 is 0 Å². The van der Waals surface area contributed by atoms with E-state index in [0.717, 1.165) is 23.1 Å². The summed E-state index contributed by atoms with van der Waals surface area (Å²) in [6.07, 6.45) is 0.930. The summed E-state index contributed by atoms with van der Waals surface area (Å²) in [4.78, 5) is 0. The molecule has 0 bridgehead atoms. The van der Waals surface area contributed by atoms with Gasteiger partial charge in [-0.2, -0.15) is 0 Å². The van der Waals surface area contributed by atoms with E-state index in [9.17, 15) is 0 Å². The molecular formula is C10H10ClNS.